The molecular weight excluding hydrogens is 207 g/mol. The molecule has 2 nitrogen and oxygen atoms in total. The lowest BCUT2D eigenvalue weighted by Gasteiger charge is -2.25. The molecule has 2 rings (SSSR count). The Morgan fingerprint density at radius 3 is 2.75 bits per heavy atom. The van der Waals surface area contributed by atoms with Gasteiger partial charge in [0.05, 0.1) is 6.61 Å². The van der Waals surface area contributed by atoms with Gasteiger partial charge < -0.3 is 4.74 Å². The second-order valence-electron chi connectivity index (χ2n) is 4.34. The van der Waals surface area contributed by atoms with Crippen molar-refractivity contribution in [2.24, 2.45) is 5.92 Å². The highest BCUT2D eigenvalue weighted by Crippen LogP contribution is 2.27. The number of carbonyl (C=O) groups excluding carboxylic acids is 1. The Kier molecular flexibility index (Phi) is 3.22. The largest absolute Gasteiger partial charge is 0.493 e. The van der Waals surface area contributed by atoms with Crippen molar-refractivity contribution in [3.63, 3.8) is 0 Å². The first-order valence-electron chi connectivity index (χ1n) is 5.59. The van der Waals surface area contributed by atoms with Gasteiger partial charge in [-0.3, -0.25) is 4.79 Å². The van der Waals surface area contributed by atoms with E-state index in [-0.39, 0.29) is 5.78 Å². The molecule has 0 N–H and O–H groups in total. The standard InChI is InChI=1S/C13H15FO2/c1-9(15)11-5-12(14)7-13(6-11)16-8-10-3-2-4-10/h5-7,10H,2-4,8H2,1H3. The van der Waals surface area contributed by atoms with Crippen LogP contribution in [0.1, 0.15) is 36.5 Å². The zero-order chi connectivity index (χ0) is 11.5. The third-order valence-corrected chi connectivity index (χ3v) is 2.99. The molecule has 0 unspecified atom stereocenters. The first-order valence-corrected chi connectivity index (χ1v) is 5.59. The summed E-state index contributed by atoms with van der Waals surface area (Å²) in [5.41, 5.74) is 0.364. The van der Waals surface area contributed by atoms with Crippen LogP contribution in [-0.2, 0) is 0 Å². The van der Waals surface area contributed by atoms with Crippen LogP contribution in [0, 0.1) is 11.7 Å². The van der Waals surface area contributed by atoms with Gasteiger partial charge in [0.1, 0.15) is 11.6 Å². The lowest BCUT2D eigenvalue weighted by atomic mass is 9.86. The average molecular weight is 222 g/mol. The Bertz CT molecular complexity index is 397. The highest BCUT2D eigenvalue weighted by atomic mass is 19.1. The predicted molar refractivity (Wildman–Crippen MR) is 59.2 cm³/mol. The van der Waals surface area contributed by atoms with E-state index in [1.165, 1.54) is 38.3 Å². The maximum absolute atomic E-state index is 13.2. The van der Waals surface area contributed by atoms with E-state index in [0.717, 1.165) is 0 Å². The van der Waals surface area contributed by atoms with Crippen molar-refractivity contribution in [3.05, 3.63) is 29.6 Å². The molecule has 0 atom stereocenters. The van der Waals surface area contributed by atoms with Crippen LogP contribution in [0.4, 0.5) is 4.39 Å². The highest BCUT2D eigenvalue weighted by molar-refractivity contribution is 5.94. The molecule has 0 bridgehead atoms. The fourth-order valence-corrected chi connectivity index (χ4v) is 1.72. The van der Waals surface area contributed by atoms with Crippen molar-refractivity contribution in [1.82, 2.24) is 0 Å². The molecule has 1 aliphatic carbocycles. The summed E-state index contributed by atoms with van der Waals surface area (Å²) < 4.78 is 18.7. The Balaban J connectivity index is 2.04. The van der Waals surface area contributed by atoms with Crippen LogP contribution in [0.2, 0.25) is 0 Å². The van der Waals surface area contributed by atoms with Crippen LogP contribution in [-0.4, -0.2) is 12.4 Å². The van der Waals surface area contributed by atoms with Gasteiger partial charge in [-0.2, -0.15) is 0 Å². The van der Waals surface area contributed by atoms with Gasteiger partial charge >= 0.3 is 0 Å². The number of halogens is 1. The zero-order valence-corrected chi connectivity index (χ0v) is 9.33. The molecule has 0 radical (unpaired) electrons. The van der Waals surface area contributed by atoms with E-state index in [4.69, 9.17) is 4.74 Å². The van der Waals surface area contributed by atoms with Crippen LogP contribution in [0.25, 0.3) is 0 Å². The van der Waals surface area contributed by atoms with Crippen molar-refractivity contribution in [1.29, 1.82) is 0 Å². The fourth-order valence-electron chi connectivity index (χ4n) is 1.72. The molecule has 16 heavy (non-hydrogen) atoms. The number of hydrogen-bond donors (Lipinski definition) is 0. The Morgan fingerprint density at radius 1 is 1.44 bits per heavy atom. The molecule has 0 amide bonds. The molecule has 0 heterocycles. The maximum atomic E-state index is 13.2. The minimum Gasteiger partial charge on any atom is -0.493 e. The maximum Gasteiger partial charge on any atom is 0.160 e. The number of hydrogen-bond acceptors (Lipinski definition) is 2. The van der Waals surface area contributed by atoms with Gasteiger partial charge in [0, 0.05) is 11.6 Å². The van der Waals surface area contributed by atoms with Crippen molar-refractivity contribution >= 4 is 5.78 Å². The first-order chi connectivity index (χ1) is 7.65. The van der Waals surface area contributed by atoms with Gasteiger partial charge in [-0.05, 0) is 37.8 Å². The van der Waals surface area contributed by atoms with Gasteiger partial charge in [0.25, 0.3) is 0 Å². The van der Waals surface area contributed by atoms with E-state index in [2.05, 4.69) is 0 Å². The molecule has 3 heteroatoms. The van der Waals surface area contributed by atoms with Crippen molar-refractivity contribution in [2.45, 2.75) is 26.2 Å². The van der Waals surface area contributed by atoms with Crippen LogP contribution in [0.3, 0.4) is 0 Å². The summed E-state index contributed by atoms with van der Waals surface area (Å²) in [6.45, 7) is 2.05. The summed E-state index contributed by atoms with van der Waals surface area (Å²) in [7, 11) is 0. The number of rotatable bonds is 4. The van der Waals surface area contributed by atoms with Gasteiger partial charge in [-0.1, -0.05) is 6.42 Å². The lowest BCUT2D eigenvalue weighted by Crippen LogP contribution is -2.19. The minimum absolute atomic E-state index is 0.145. The van der Waals surface area contributed by atoms with E-state index in [9.17, 15) is 9.18 Å². The summed E-state index contributed by atoms with van der Waals surface area (Å²) in [6.07, 6.45) is 3.64. The molecule has 0 aromatic heterocycles. The second kappa shape index (κ2) is 4.64. The minimum atomic E-state index is -0.420. The van der Waals surface area contributed by atoms with E-state index < -0.39 is 5.82 Å². The van der Waals surface area contributed by atoms with Gasteiger partial charge in [0.15, 0.2) is 5.78 Å². The van der Waals surface area contributed by atoms with E-state index in [1.807, 2.05) is 0 Å². The molecule has 0 saturated heterocycles. The molecule has 1 fully saturated rings. The van der Waals surface area contributed by atoms with Crippen molar-refractivity contribution in [3.8, 4) is 5.75 Å². The highest BCUT2D eigenvalue weighted by Gasteiger charge is 2.18. The number of carbonyl (C=O) groups is 1. The smallest absolute Gasteiger partial charge is 0.160 e. The topological polar surface area (TPSA) is 26.3 Å². The van der Waals surface area contributed by atoms with Crippen LogP contribution < -0.4 is 4.74 Å². The number of Topliss-reactive ketones (excluding diaryl/α,β-unsaturated/α-hetero) is 1. The fraction of sp³-hybridized carbons (Fsp3) is 0.462. The molecule has 1 aromatic carbocycles. The normalized spacial score (nSPS) is 15.6. The molecule has 1 aromatic rings. The number of ketones is 1. The van der Waals surface area contributed by atoms with Gasteiger partial charge in [0.2, 0.25) is 0 Å². The average Bonchev–Trinajstić information content (AvgIpc) is 2.14. The summed E-state index contributed by atoms with van der Waals surface area (Å²) in [5.74, 6) is 0.491. The lowest BCUT2D eigenvalue weighted by molar-refractivity contribution is 0.101. The van der Waals surface area contributed by atoms with Crippen LogP contribution >= 0.6 is 0 Å². The van der Waals surface area contributed by atoms with Gasteiger partial charge in [-0.25, -0.2) is 4.39 Å². The van der Waals surface area contributed by atoms with Crippen LogP contribution in [0.5, 0.6) is 5.75 Å². The molecule has 86 valence electrons. The van der Waals surface area contributed by atoms with Gasteiger partial charge in [-0.15, -0.1) is 0 Å². The Morgan fingerprint density at radius 2 is 2.19 bits per heavy atom. The van der Waals surface area contributed by atoms with E-state index in [1.54, 1.807) is 6.07 Å². The van der Waals surface area contributed by atoms with Crippen LogP contribution in [0.15, 0.2) is 18.2 Å². The molecule has 0 spiro atoms. The molecular formula is C13H15FO2. The zero-order valence-electron chi connectivity index (χ0n) is 9.33. The number of benzene rings is 1. The summed E-state index contributed by atoms with van der Waals surface area (Å²) in [5, 5.41) is 0. The first kappa shape index (κ1) is 11.1. The van der Waals surface area contributed by atoms with Crippen molar-refractivity contribution < 1.29 is 13.9 Å². The Labute approximate surface area is 94.4 Å². The molecule has 1 aliphatic rings. The number of ether oxygens (including phenoxy) is 1. The second-order valence-corrected chi connectivity index (χ2v) is 4.34. The predicted octanol–water partition coefficient (Wildman–Crippen LogP) is 3.21. The third kappa shape index (κ3) is 2.60. The SMILES string of the molecule is CC(=O)c1cc(F)cc(OCC2CCC2)c1. The molecule has 0 aliphatic heterocycles. The summed E-state index contributed by atoms with van der Waals surface area (Å²) >= 11 is 0. The monoisotopic (exact) mass is 222 g/mol. The molecule has 1 saturated carbocycles. The van der Waals surface area contributed by atoms with E-state index in [0.29, 0.717) is 23.8 Å². The third-order valence-electron chi connectivity index (χ3n) is 2.99. The quantitative estimate of drug-likeness (QED) is 0.731. The van der Waals surface area contributed by atoms with E-state index >= 15 is 0 Å². The van der Waals surface area contributed by atoms with Crippen molar-refractivity contribution in [2.75, 3.05) is 6.61 Å². The summed E-state index contributed by atoms with van der Waals surface area (Å²) in [4.78, 5) is 11.1. The Hall–Kier alpha value is -1.38. The summed E-state index contributed by atoms with van der Waals surface area (Å²) in [6, 6.07) is 4.16.